The number of anilines is 1. The van der Waals surface area contributed by atoms with Gasteiger partial charge in [0.2, 0.25) is 0 Å². The van der Waals surface area contributed by atoms with E-state index in [0.717, 1.165) is 16.8 Å². The smallest absolute Gasteiger partial charge is 0.332 e. The van der Waals surface area contributed by atoms with Crippen molar-refractivity contribution in [3.8, 4) is 0 Å². The van der Waals surface area contributed by atoms with Gasteiger partial charge < -0.3 is 10.1 Å². The molecule has 16 heavy (non-hydrogen) atoms. The average Bonchev–Trinajstić information content (AvgIpc) is 2.24. The van der Waals surface area contributed by atoms with Gasteiger partial charge in [0.25, 0.3) is 0 Å². The topological polar surface area (TPSA) is 38.3 Å². The fourth-order valence-electron chi connectivity index (χ4n) is 1.40. The van der Waals surface area contributed by atoms with Crippen molar-refractivity contribution >= 4 is 11.7 Å². The third kappa shape index (κ3) is 3.12. The molecular formula is C13H17NO2. The number of aryl methyl sites for hydroxylation is 1. The van der Waals surface area contributed by atoms with Gasteiger partial charge >= 0.3 is 5.97 Å². The van der Waals surface area contributed by atoms with Gasteiger partial charge in [-0.1, -0.05) is 18.7 Å². The molecule has 0 aromatic heterocycles. The van der Waals surface area contributed by atoms with E-state index in [9.17, 15) is 4.79 Å². The molecule has 0 aliphatic rings. The fourth-order valence-corrected chi connectivity index (χ4v) is 1.40. The first-order valence-electron chi connectivity index (χ1n) is 5.11. The van der Waals surface area contributed by atoms with Crippen LogP contribution < -0.4 is 5.32 Å². The summed E-state index contributed by atoms with van der Waals surface area (Å²) in [7, 11) is 1.37. The molecule has 1 atom stereocenters. The van der Waals surface area contributed by atoms with E-state index in [0.29, 0.717) is 0 Å². The molecule has 0 saturated heterocycles. The van der Waals surface area contributed by atoms with Crippen LogP contribution in [-0.2, 0) is 9.53 Å². The highest BCUT2D eigenvalue weighted by molar-refractivity contribution is 5.82. The maximum Gasteiger partial charge on any atom is 0.332 e. The summed E-state index contributed by atoms with van der Waals surface area (Å²) in [6.45, 7) is 7.57. The van der Waals surface area contributed by atoms with Crippen LogP contribution in [-0.4, -0.2) is 19.1 Å². The van der Waals surface area contributed by atoms with Gasteiger partial charge in [0.15, 0.2) is 0 Å². The van der Waals surface area contributed by atoms with Gasteiger partial charge in [-0.3, -0.25) is 0 Å². The minimum Gasteiger partial charge on any atom is -0.467 e. The molecule has 1 aromatic rings. The van der Waals surface area contributed by atoms with Crippen LogP contribution in [0.2, 0.25) is 0 Å². The van der Waals surface area contributed by atoms with E-state index in [1.807, 2.05) is 31.2 Å². The Bertz CT molecular complexity index is 399. The van der Waals surface area contributed by atoms with E-state index in [-0.39, 0.29) is 5.97 Å². The molecule has 1 N–H and O–H groups in total. The predicted molar refractivity (Wildman–Crippen MR) is 65.4 cm³/mol. The maximum atomic E-state index is 11.5. The minimum atomic E-state index is -0.494. The maximum absolute atomic E-state index is 11.5. The predicted octanol–water partition coefficient (Wildman–Crippen LogP) is 2.52. The van der Waals surface area contributed by atoms with E-state index in [1.54, 1.807) is 6.92 Å². The van der Waals surface area contributed by atoms with Crippen LogP contribution in [0.15, 0.2) is 36.4 Å². The largest absolute Gasteiger partial charge is 0.467 e. The molecule has 0 aliphatic carbocycles. The lowest BCUT2D eigenvalue weighted by Gasteiger charge is -2.17. The molecule has 3 nitrogen and oxygen atoms in total. The quantitative estimate of drug-likeness (QED) is 0.624. The summed E-state index contributed by atoms with van der Waals surface area (Å²) >= 11 is 0. The first-order chi connectivity index (χ1) is 7.54. The Morgan fingerprint density at radius 3 is 2.69 bits per heavy atom. The van der Waals surface area contributed by atoms with Crippen LogP contribution in [0.25, 0.3) is 0 Å². The molecule has 0 radical (unpaired) electrons. The Hall–Kier alpha value is -1.77. The zero-order chi connectivity index (χ0) is 12.1. The molecule has 0 fully saturated rings. The van der Waals surface area contributed by atoms with Crippen LogP contribution in [0.1, 0.15) is 12.5 Å². The van der Waals surface area contributed by atoms with Gasteiger partial charge in [0, 0.05) is 5.69 Å². The molecule has 1 aromatic carbocycles. The molecule has 0 spiro atoms. The zero-order valence-electron chi connectivity index (χ0n) is 9.91. The Morgan fingerprint density at radius 2 is 2.19 bits per heavy atom. The highest BCUT2D eigenvalue weighted by Crippen LogP contribution is 2.14. The van der Waals surface area contributed by atoms with Crippen molar-refractivity contribution in [3.05, 3.63) is 42.0 Å². The van der Waals surface area contributed by atoms with Crippen LogP contribution >= 0.6 is 0 Å². The van der Waals surface area contributed by atoms with E-state index >= 15 is 0 Å². The highest BCUT2D eigenvalue weighted by Gasteiger charge is 2.19. The minimum absolute atomic E-state index is 0.325. The third-order valence-corrected chi connectivity index (χ3v) is 2.26. The molecule has 0 heterocycles. The summed E-state index contributed by atoms with van der Waals surface area (Å²) < 4.78 is 4.71. The fraction of sp³-hybridized carbons (Fsp3) is 0.308. The van der Waals surface area contributed by atoms with Gasteiger partial charge in [-0.05, 0) is 37.1 Å². The number of carbonyl (C=O) groups excluding carboxylic acids is 1. The number of carbonyl (C=O) groups is 1. The number of hydrogen-bond donors (Lipinski definition) is 1. The summed E-state index contributed by atoms with van der Waals surface area (Å²) in [6, 6.07) is 7.32. The van der Waals surface area contributed by atoms with Crippen molar-refractivity contribution in [2.75, 3.05) is 12.4 Å². The summed E-state index contributed by atoms with van der Waals surface area (Å²) in [6.07, 6.45) is 0. The first kappa shape index (κ1) is 12.3. The number of hydrogen-bond acceptors (Lipinski definition) is 3. The monoisotopic (exact) mass is 219 g/mol. The summed E-state index contributed by atoms with van der Waals surface area (Å²) in [4.78, 5) is 11.5. The first-order valence-corrected chi connectivity index (χ1v) is 5.11. The van der Waals surface area contributed by atoms with Crippen molar-refractivity contribution in [2.24, 2.45) is 0 Å². The van der Waals surface area contributed by atoms with E-state index in [2.05, 4.69) is 11.9 Å². The lowest BCUT2D eigenvalue weighted by atomic mass is 10.1. The second kappa shape index (κ2) is 5.35. The van der Waals surface area contributed by atoms with Gasteiger partial charge in [-0.15, -0.1) is 0 Å². The van der Waals surface area contributed by atoms with E-state index in [4.69, 9.17) is 4.74 Å². The van der Waals surface area contributed by atoms with Crippen molar-refractivity contribution in [1.29, 1.82) is 0 Å². The van der Waals surface area contributed by atoms with E-state index < -0.39 is 6.04 Å². The number of rotatable bonds is 4. The number of benzene rings is 1. The van der Waals surface area contributed by atoms with E-state index in [1.165, 1.54) is 7.11 Å². The average molecular weight is 219 g/mol. The molecule has 3 heteroatoms. The number of nitrogens with one attached hydrogen (secondary N) is 1. The van der Waals surface area contributed by atoms with Gasteiger partial charge in [-0.2, -0.15) is 0 Å². The number of esters is 1. The summed E-state index contributed by atoms with van der Waals surface area (Å²) in [5.74, 6) is -0.325. The molecular weight excluding hydrogens is 202 g/mol. The van der Waals surface area contributed by atoms with Crippen molar-refractivity contribution in [1.82, 2.24) is 0 Å². The molecule has 0 saturated carbocycles. The standard InChI is InChI=1S/C13H17NO2/c1-9(2)12(13(15)16-4)14-11-7-5-6-10(3)8-11/h5-8,12,14H,1H2,2-4H3. The highest BCUT2D eigenvalue weighted by atomic mass is 16.5. The lowest BCUT2D eigenvalue weighted by Crippen LogP contribution is -2.31. The summed E-state index contributed by atoms with van der Waals surface area (Å²) in [5, 5.41) is 3.10. The van der Waals surface area contributed by atoms with Crippen molar-refractivity contribution in [3.63, 3.8) is 0 Å². The van der Waals surface area contributed by atoms with Crippen LogP contribution in [0.3, 0.4) is 0 Å². The molecule has 1 rings (SSSR count). The van der Waals surface area contributed by atoms with Crippen LogP contribution in [0.4, 0.5) is 5.69 Å². The Kier molecular flexibility index (Phi) is 4.11. The second-order valence-electron chi connectivity index (χ2n) is 3.82. The SMILES string of the molecule is C=C(C)C(Nc1cccc(C)c1)C(=O)OC. The van der Waals surface area contributed by atoms with Gasteiger partial charge in [-0.25, -0.2) is 4.79 Å². The Balaban J connectivity index is 2.84. The normalized spacial score (nSPS) is 11.7. The lowest BCUT2D eigenvalue weighted by molar-refractivity contribution is -0.140. The zero-order valence-corrected chi connectivity index (χ0v) is 9.91. The Morgan fingerprint density at radius 1 is 1.50 bits per heavy atom. The van der Waals surface area contributed by atoms with Crippen molar-refractivity contribution < 1.29 is 9.53 Å². The molecule has 0 amide bonds. The van der Waals surface area contributed by atoms with Crippen LogP contribution in [0.5, 0.6) is 0 Å². The Labute approximate surface area is 96.1 Å². The molecule has 0 bridgehead atoms. The van der Waals surface area contributed by atoms with Crippen molar-refractivity contribution in [2.45, 2.75) is 19.9 Å². The second-order valence-corrected chi connectivity index (χ2v) is 3.82. The number of ether oxygens (including phenoxy) is 1. The third-order valence-electron chi connectivity index (χ3n) is 2.26. The summed E-state index contributed by atoms with van der Waals surface area (Å²) in [5.41, 5.74) is 2.75. The molecule has 0 aliphatic heterocycles. The molecule has 86 valence electrons. The molecule has 1 unspecified atom stereocenters. The van der Waals surface area contributed by atoms with Gasteiger partial charge in [0.1, 0.15) is 6.04 Å². The van der Waals surface area contributed by atoms with Crippen LogP contribution in [0, 0.1) is 6.92 Å². The number of methoxy groups -OCH3 is 1. The van der Waals surface area contributed by atoms with Gasteiger partial charge in [0.05, 0.1) is 7.11 Å².